The van der Waals surface area contributed by atoms with Gasteiger partial charge in [0.05, 0.1) is 0 Å². The second-order valence-corrected chi connectivity index (χ2v) is 5.74. The van der Waals surface area contributed by atoms with Crippen molar-refractivity contribution in [2.45, 2.75) is 38.6 Å². The number of nitrogens with zero attached hydrogens (tertiary/aromatic N) is 1. The highest BCUT2D eigenvalue weighted by Crippen LogP contribution is 2.23. The summed E-state index contributed by atoms with van der Waals surface area (Å²) in [7, 11) is 0. The van der Waals surface area contributed by atoms with Crippen LogP contribution in [0.2, 0.25) is 5.02 Å². The van der Waals surface area contributed by atoms with Crippen molar-refractivity contribution < 1.29 is 9.32 Å². The highest BCUT2D eigenvalue weighted by atomic mass is 35.5. The second kappa shape index (κ2) is 6.31. The molecule has 0 spiro atoms. The molecule has 4 nitrogen and oxygen atoms in total. The lowest BCUT2D eigenvalue weighted by molar-refractivity contribution is 0.0941. The lowest BCUT2D eigenvalue weighted by Gasteiger charge is -2.05. The van der Waals surface area contributed by atoms with Crippen LogP contribution >= 0.6 is 11.6 Å². The largest absolute Gasteiger partial charge is 0.360 e. The number of hydrogen-bond donors (Lipinski definition) is 1. The topological polar surface area (TPSA) is 55.1 Å². The Hall–Kier alpha value is -1.81. The lowest BCUT2D eigenvalue weighted by Crippen LogP contribution is -2.24. The molecule has 0 saturated heterocycles. The van der Waals surface area contributed by atoms with Gasteiger partial charge in [0, 0.05) is 23.6 Å². The Bertz CT molecular complexity index is 651. The van der Waals surface area contributed by atoms with Crippen LogP contribution in [-0.2, 0) is 19.4 Å². The summed E-state index contributed by atoms with van der Waals surface area (Å²) >= 11 is 5.93. The number of rotatable bonds is 3. The maximum atomic E-state index is 12.3. The van der Waals surface area contributed by atoms with E-state index in [2.05, 4.69) is 10.5 Å². The molecule has 1 aromatic heterocycles. The number of aromatic nitrogens is 1. The van der Waals surface area contributed by atoms with E-state index in [0.717, 1.165) is 42.6 Å². The zero-order chi connectivity index (χ0) is 14.7. The van der Waals surface area contributed by atoms with Crippen molar-refractivity contribution in [3.8, 4) is 0 Å². The standard InChI is InChI=1S/C16H17ClN2O2/c17-12-6-4-5-11(9-12)10-18-16(20)15-13-7-2-1-3-8-14(13)21-19-15/h4-6,9H,1-3,7-8,10H2,(H,18,20). The van der Waals surface area contributed by atoms with Crippen LogP contribution in [0.25, 0.3) is 0 Å². The van der Waals surface area contributed by atoms with Gasteiger partial charge >= 0.3 is 0 Å². The van der Waals surface area contributed by atoms with Gasteiger partial charge in [0.1, 0.15) is 5.76 Å². The van der Waals surface area contributed by atoms with Crippen LogP contribution in [0.5, 0.6) is 0 Å². The van der Waals surface area contributed by atoms with Crippen molar-refractivity contribution in [2.75, 3.05) is 0 Å². The first-order valence-electron chi connectivity index (χ1n) is 7.24. The molecule has 1 heterocycles. The Morgan fingerprint density at radius 3 is 3.00 bits per heavy atom. The van der Waals surface area contributed by atoms with E-state index >= 15 is 0 Å². The Balaban J connectivity index is 1.70. The summed E-state index contributed by atoms with van der Waals surface area (Å²) in [6.07, 6.45) is 5.12. The van der Waals surface area contributed by atoms with Gasteiger partial charge in [-0.15, -0.1) is 0 Å². The van der Waals surface area contributed by atoms with Gasteiger partial charge in [-0.05, 0) is 37.0 Å². The van der Waals surface area contributed by atoms with E-state index in [-0.39, 0.29) is 5.91 Å². The first kappa shape index (κ1) is 14.1. The average Bonchev–Trinajstić information content (AvgIpc) is 2.74. The van der Waals surface area contributed by atoms with E-state index in [1.165, 1.54) is 6.42 Å². The van der Waals surface area contributed by atoms with E-state index < -0.39 is 0 Å². The van der Waals surface area contributed by atoms with Crippen molar-refractivity contribution >= 4 is 17.5 Å². The molecular formula is C16H17ClN2O2. The third-order valence-corrected chi connectivity index (χ3v) is 3.99. The predicted octanol–water partition coefficient (Wildman–Crippen LogP) is 3.53. The summed E-state index contributed by atoms with van der Waals surface area (Å²) in [5.41, 5.74) is 2.38. The summed E-state index contributed by atoms with van der Waals surface area (Å²) in [5.74, 6) is 0.697. The van der Waals surface area contributed by atoms with E-state index in [0.29, 0.717) is 17.3 Å². The maximum Gasteiger partial charge on any atom is 0.274 e. The molecule has 0 fully saturated rings. The summed E-state index contributed by atoms with van der Waals surface area (Å²) < 4.78 is 5.33. The van der Waals surface area contributed by atoms with Crippen LogP contribution in [0, 0.1) is 0 Å². The Morgan fingerprint density at radius 2 is 2.14 bits per heavy atom. The van der Waals surface area contributed by atoms with Gasteiger partial charge < -0.3 is 9.84 Å². The summed E-state index contributed by atoms with van der Waals surface area (Å²) in [5, 5.41) is 7.50. The zero-order valence-corrected chi connectivity index (χ0v) is 12.4. The summed E-state index contributed by atoms with van der Waals surface area (Å²) in [4.78, 5) is 12.3. The van der Waals surface area contributed by atoms with Gasteiger partial charge in [-0.3, -0.25) is 4.79 Å². The smallest absolute Gasteiger partial charge is 0.274 e. The molecule has 5 heteroatoms. The van der Waals surface area contributed by atoms with Crippen molar-refractivity contribution in [3.05, 3.63) is 51.9 Å². The minimum atomic E-state index is -0.179. The molecule has 1 aliphatic carbocycles. The average molecular weight is 305 g/mol. The highest BCUT2D eigenvalue weighted by Gasteiger charge is 2.22. The zero-order valence-electron chi connectivity index (χ0n) is 11.7. The third kappa shape index (κ3) is 3.27. The molecule has 1 aliphatic rings. The van der Waals surface area contributed by atoms with Crippen LogP contribution in [0.15, 0.2) is 28.8 Å². The van der Waals surface area contributed by atoms with Crippen molar-refractivity contribution in [1.29, 1.82) is 0 Å². The van der Waals surface area contributed by atoms with Gasteiger partial charge in [-0.2, -0.15) is 0 Å². The monoisotopic (exact) mass is 304 g/mol. The molecule has 0 atom stereocenters. The molecule has 0 unspecified atom stereocenters. The van der Waals surface area contributed by atoms with Crippen molar-refractivity contribution in [1.82, 2.24) is 10.5 Å². The van der Waals surface area contributed by atoms with Crippen molar-refractivity contribution in [2.24, 2.45) is 0 Å². The first-order valence-corrected chi connectivity index (χ1v) is 7.62. The molecule has 1 amide bonds. The van der Waals surface area contributed by atoms with Crippen LogP contribution in [0.4, 0.5) is 0 Å². The van der Waals surface area contributed by atoms with Crippen LogP contribution in [0.1, 0.15) is 46.6 Å². The van der Waals surface area contributed by atoms with Gasteiger partial charge in [0.2, 0.25) is 0 Å². The van der Waals surface area contributed by atoms with Gasteiger partial charge in [-0.25, -0.2) is 0 Å². The minimum Gasteiger partial charge on any atom is -0.360 e. The van der Waals surface area contributed by atoms with Crippen LogP contribution in [0.3, 0.4) is 0 Å². The van der Waals surface area contributed by atoms with Gasteiger partial charge in [-0.1, -0.05) is 35.3 Å². The van der Waals surface area contributed by atoms with Crippen LogP contribution < -0.4 is 5.32 Å². The molecule has 0 radical (unpaired) electrons. The molecule has 0 bridgehead atoms. The minimum absolute atomic E-state index is 0.179. The summed E-state index contributed by atoms with van der Waals surface area (Å²) in [6, 6.07) is 7.44. The number of nitrogens with one attached hydrogen (secondary N) is 1. The van der Waals surface area contributed by atoms with E-state index in [1.54, 1.807) is 0 Å². The van der Waals surface area contributed by atoms with E-state index in [9.17, 15) is 4.79 Å². The molecule has 1 aromatic carbocycles. The molecule has 1 N–H and O–H groups in total. The van der Waals surface area contributed by atoms with Gasteiger partial charge in [0.25, 0.3) is 5.91 Å². The molecule has 0 aliphatic heterocycles. The molecule has 3 rings (SSSR count). The number of fused-ring (bicyclic) bond motifs is 1. The molecular weight excluding hydrogens is 288 g/mol. The highest BCUT2D eigenvalue weighted by molar-refractivity contribution is 6.30. The number of carbonyl (C=O) groups is 1. The number of benzene rings is 1. The lowest BCUT2D eigenvalue weighted by atomic mass is 10.1. The maximum absolute atomic E-state index is 12.3. The molecule has 110 valence electrons. The molecule has 21 heavy (non-hydrogen) atoms. The fourth-order valence-electron chi connectivity index (χ4n) is 2.65. The summed E-state index contributed by atoms with van der Waals surface area (Å²) in [6.45, 7) is 0.432. The number of aryl methyl sites for hydroxylation is 1. The Morgan fingerprint density at radius 1 is 1.29 bits per heavy atom. The Kier molecular flexibility index (Phi) is 4.25. The van der Waals surface area contributed by atoms with E-state index in [4.69, 9.17) is 16.1 Å². The fourth-order valence-corrected chi connectivity index (χ4v) is 2.87. The molecule has 2 aromatic rings. The number of carbonyl (C=O) groups excluding carboxylic acids is 1. The SMILES string of the molecule is O=C(NCc1cccc(Cl)c1)c1noc2c1CCCCC2. The normalized spacial score (nSPS) is 14.3. The molecule has 0 saturated carbocycles. The van der Waals surface area contributed by atoms with Crippen LogP contribution in [-0.4, -0.2) is 11.1 Å². The predicted molar refractivity (Wildman–Crippen MR) is 80.4 cm³/mol. The second-order valence-electron chi connectivity index (χ2n) is 5.31. The fraction of sp³-hybridized carbons (Fsp3) is 0.375. The third-order valence-electron chi connectivity index (χ3n) is 3.76. The number of halogens is 1. The van der Waals surface area contributed by atoms with E-state index in [1.807, 2.05) is 24.3 Å². The number of hydrogen-bond acceptors (Lipinski definition) is 3. The van der Waals surface area contributed by atoms with Crippen molar-refractivity contribution in [3.63, 3.8) is 0 Å². The van der Waals surface area contributed by atoms with Gasteiger partial charge in [0.15, 0.2) is 5.69 Å². The Labute approximate surface area is 128 Å². The number of amides is 1. The quantitative estimate of drug-likeness (QED) is 0.883. The first-order chi connectivity index (χ1) is 10.2.